The minimum absolute atomic E-state index is 0.0236. The van der Waals surface area contributed by atoms with Gasteiger partial charge in [0, 0.05) is 0 Å². The van der Waals surface area contributed by atoms with Gasteiger partial charge in [-0.25, -0.2) is 4.90 Å². The predicted octanol–water partition coefficient (Wildman–Crippen LogP) is 0.188. The van der Waals surface area contributed by atoms with Gasteiger partial charge in [0.15, 0.2) is 6.67 Å². The van der Waals surface area contributed by atoms with Crippen LogP contribution in [0.1, 0.15) is 44.9 Å². The van der Waals surface area contributed by atoms with Crippen molar-refractivity contribution in [3.05, 3.63) is 0 Å². The number of quaternary nitrogens is 1. The van der Waals surface area contributed by atoms with Crippen LogP contribution in [0.15, 0.2) is 0 Å². The SMILES string of the molecule is O=C1[C@H]2CCCC[C@H]2C(=O)N1C[NH+]1CCCCC1. The summed E-state index contributed by atoms with van der Waals surface area (Å²) in [4.78, 5) is 27.6. The normalized spacial score (nSPS) is 33.9. The highest BCUT2D eigenvalue weighted by Crippen LogP contribution is 2.37. The zero-order valence-electron chi connectivity index (χ0n) is 11.0. The van der Waals surface area contributed by atoms with E-state index in [1.807, 2.05) is 0 Å². The molecule has 1 aliphatic carbocycles. The smallest absolute Gasteiger partial charge is 0.237 e. The third kappa shape index (κ3) is 2.07. The molecular weight excluding hydrogens is 228 g/mol. The van der Waals surface area contributed by atoms with Crippen LogP contribution in [0, 0.1) is 11.8 Å². The van der Waals surface area contributed by atoms with E-state index in [9.17, 15) is 9.59 Å². The van der Waals surface area contributed by atoms with Crippen LogP contribution in [0.3, 0.4) is 0 Å². The lowest BCUT2D eigenvalue weighted by Gasteiger charge is -2.27. The van der Waals surface area contributed by atoms with Gasteiger partial charge < -0.3 is 4.90 Å². The summed E-state index contributed by atoms with van der Waals surface area (Å²) in [6.45, 7) is 2.86. The van der Waals surface area contributed by atoms with Crippen LogP contribution in [0.5, 0.6) is 0 Å². The molecule has 0 spiro atoms. The minimum atomic E-state index is 0.0236. The van der Waals surface area contributed by atoms with Gasteiger partial charge in [0.2, 0.25) is 11.8 Å². The average Bonchev–Trinajstić information content (AvgIpc) is 2.66. The molecule has 2 saturated heterocycles. The first-order valence-electron chi connectivity index (χ1n) is 7.46. The van der Waals surface area contributed by atoms with Crippen molar-refractivity contribution < 1.29 is 14.5 Å². The molecule has 0 aromatic rings. The fourth-order valence-electron chi connectivity index (χ4n) is 3.82. The molecule has 1 N–H and O–H groups in total. The molecule has 2 amide bonds. The highest BCUT2D eigenvalue weighted by atomic mass is 16.2. The highest BCUT2D eigenvalue weighted by Gasteiger charge is 2.49. The lowest BCUT2D eigenvalue weighted by molar-refractivity contribution is -0.912. The lowest BCUT2D eigenvalue weighted by atomic mass is 9.81. The predicted molar refractivity (Wildman–Crippen MR) is 66.7 cm³/mol. The van der Waals surface area contributed by atoms with E-state index in [-0.39, 0.29) is 23.7 Å². The summed E-state index contributed by atoms with van der Waals surface area (Å²) >= 11 is 0. The molecule has 18 heavy (non-hydrogen) atoms. The fourth-order valence-corrected chi connectivity index (χ4v) is 3.82. The number of likely N-dealkylation sites (tertiary alicyclic amines) is 2. The molecule has 2 atom stereocenters. The van der Waals surface area contributed by atoms with Gasteiger partial charge in [0.05, 0.1) is 24.9 Å². The fraction of sp³-hybridized carbons (Fsp3) is 0.857. The molecule has 2 aliphatic heterocycles. The van der Waals surface area contributed by atoms with Crippen LogP contribution in [0.2, 0.25) is 0 Å². The maximum absolute atomic E-state index is 12.3. The number of fused-ring (bicyclic) bond motifs is 1. The van der Waals surface area contributed by atoms with Crippen LogP contribution in [0.25, 0.3) is 0 Å². The average molecular weight is 251 g/mol. The molecular formula is C14H23N2O2+. The lowest BCUT2D eigenvalue weighted by Crippen LogP contribution is -3.14. The number of carbonyl (C=O) groups is 2. The Morgan fingerprint density at radius 3 is 2.00 bits per heavy atom. The Bertz CT molecular complexity index is 326. The number of amides is 2. The van der Waals surface area contributed by atoms with Crippen molar-refractivity contribution in [3.63, 3.8) is 0 Å². The van der Waals surface area contributed by atoms with E-state index in [1.54, 1.807) is 4.90 Å². The van der Waals surface area contributed by atoms with Crippen LogP contribution < -0.4 is 4.90 Å². The Kier molecular flexibility index (Phi) is 3.37. The third-order valence-electron chi connectivity index (χ3n) is 4.87. The highest BCUT2D eigenvalue weighted by molar-refractivity contribution is 6.05. The van der Waals surface area contributed by atoms with Gasteiger partial charge in [0.25, 0.3) is 0 Å². The quantitative estimate of drug-likeness (QED) is 0.712. The number of imide groups is 1. The van der Waals surface area contributed by atoms with Crippen LogP contribution in [-0.4, -0.2) is 36.5 Å². The molecule has 0 radical (unpaired) electrons. The summed E-state index contributed by atoms with van der Waals surface area (Å²) in [5.74, 6) is 0.302. The molecule has 2 heterocycles. The van der Waals surface area contributed by atoms with E-state index in [1.165, 1.54) is 24.2 Å². The Morgan fingerprint density at radius 1 is 0.889 bits per heavy atom. The van der Waals surface area contributed by atoms with E-state index in [4.69, 9.17) is 0 Å². The van der Waals surface area contributed by atoms with Crippen LogP contribution >= 0.6 is 0 Å². The molecule has 3 fully saturated rings. The van der Waals surface area contributed by atoms with Gasteiger partial charge in [-0.3, -0.25) is 9.59 Å². The molecule has 0 aromatic carbocycles. The van der Waals surface area contributed by atoms with Gasteiger partial charge >= 0.3 is 0 Å². The van der Waals surface area contributed by atoms with Crippen molar-refractivity contribution in [2.24, 2.45) is 11.8 Å². The Morgan fingerprint density at radius 2 is 1.44 bits per heavy atom. The van der Waals surface area contributed by atoms with E-state index in [0.29, 0.717) is 6.67 Å². The van der Waals surface area contributed by atoms with Crippen molar-refractivity contribution in [3.8, 4) is 0 Å². The minimum Gasteiger partial charge on any atom is -0.317 e. The third-order valence-corrected chi connectivity index (χ3v) is 4.87. The zero-order valence-corrected chi connectivity index (χ0v) is 11.0. The maximum atomic E-state index is 12.3. The summed E-state index contributed by atoms with van der Waals surface area (Å²) in [6.07, 6.45) is 7.87. The summed E-state index contributed by atoms with van der Waals surface area (Å²) < 4.78 is 0. The second-order valence-corrected chi connectivity index (χ2v) is 6.07. The molecule has 4 heteroatoms. The van der Waals surface area contributed by atoms with Crippen LogP contribution in [0.4, 0.5) is 0 Å². The number of piperidine rings is 1. The van der Waals surface area contributed by atoms with Crippen molar-refractivity contribution >= 4 is 11.8 Å². The van der Waals surface area contributed by atoms with E-state index < -0.39 is 0 Å². The van der Waals surface area contributed by atoms with E-state index in [2.05, 4.69) is 0 Å². The largest absolute Gasteiger partial charge is 0.317 e. The molecule has 3 rings (SSSR count). The molecule has 0 bridgehead atoms. The van der Waals surface area contributed by atoms with Gasteiger partial charge in [-0.1, -0.05) is 12.8 Å². The number of nitrogens with zero attached hydrogens (tertiary/aromatic N) is 1. The monoisotopic (exact) mass is 251 g/mol. The maximum Gasteiger partial charge on any atom is 0.237 e. The Labute approximate surface area is 108 Å². The van der Waals surface area contributed by atoms with Crippen LogP contribution in [-0.2, 0) is 9.59 Å². The number of nitrogens with one attached hydrogen (secondary N) is 1. The summed E-state index contributed by atoms with van der Waals surface area (Å²) in [5.41, 5.74) is 0. The second-order valence-electron chi connectivity index (χ2n) is 6.07. The summed E-state index contributed by atoms with van der Waals surface area (Å²) in [6, 6.07) is 0. The topological polar surface area (TPSA) is 41.8 Å². The van der Waals surface area contributed by atoms with Crippen molar-refractivity contribution in [1.29, 1.82) is 0 Å². The van der Waals surface area contributed by atoms with Crippen molar-refractivity contribution in [1.82, 2.24) is 4.90 Å². The van der Waals surface area contributed by atoms with Gasteiger partial charge in [-0.2, -0.15) is 0 Å². The van der Waals surface area contributed by atoms with Gasteiger partial charge in [-0.15, -0.1) is 0 Å². The number of hydrogen-bond donors (Lipinski definition) is 1. The first-order valence-corrected chi connectivity index (χ1v) is 7.46. The standard InChI is InChI=1S/C14H22N2O2/c17-13-11-6-2-3-7-12(11)14(18)16(13)10-15-8-4-1-5-9-15/h11-12H,1-10H2/p+1/t11-,12+. The van der Waals surface area contributed by atoms with E-state index >= 15 is 0 Å². The Hall–Kier alpha value is -0.900. The number of carbonyl (C=O) groups excluding carboxylic acids is 2. The van der Waals surface area contributed by atoms with Gasteiger partial charge in [-0.05, 0) is 32.1 Å². The summed E-state index contributed by atoms with van der Waals surface area (Å²) in [5, 5.41) is 0. The molecule has 0 unspecified atom stereocenters. The second kappa shape index (κ2) is 5.00. The number of rotatable bonds is 2. The van der Waals surface area contributed by atoms with Gasteiger partial charge in [0.1, 0.15) is 0 Å². The molecule has 100 valence electrons. The first-order chi connectivity index (χ1) is 8.77. The van der Waals surface area contributed by atoms with Crippen molar-refractivity contribution in [2.75, 3.05) is 19.8 Å². The number of hydrogen-bond acceptors (Lipinski definition) is 2. The Balaban J connectivity index is 1.68. The first kappa shape index (κ1) is 12.2. The van der Waals surface area contributed by atoms with E-state index in [0.717, 1.165) is 38.8 Å². The molecule has 0 aromatic heterocycles. The molecule has 4 nitrogen and oxygen atoms in total. The summed E-state index contributed by atoms with van der Waals surface area (Å²) in [7, 11) is 0. The van der Waals surface area contributed by atoms with Crippen molar-refractivity contribution in [2.45, 2.75) is 44.9 Å². The molecule has 3 aliphatic rings. The molecule has 1 saturated carbocycles. The zero-order chi connectivity index (χ0) is 12.5.